The molecule has 1 heterocycles. The van der Waals surface area contributed by atoms with E-state index in [0.29, 0.717) is 18.4 Å². The van der Waals surface area contributed by atoms with Crippen LogP contribution in [0.1, 0.15) is 39.0 Å². The number of hydrogen-bond donors (Lipinski definition) is 1. The van der Waals surface area contributed by atoms with Crippen LogP contribution >= 0.6 is 0 Å². The molecule has 0 radical (unpaired) electrons. The Bertz CT molecular complexity index is 220. The molecule has 1 aliphatic heterocycles. The third kappa shape index (κ3) is 3.20. The SMILES string of the molecule is CCC(=O)N(CC1CC1)CC1CCCN1. The Labute approximate surface area is 92.2 Å². The van der Waals surface area contributed by atoms with Gasteiger partial charge in [-0.2, -0.15) is 0 Å². The fourth-order valence-electron chi connectivity index (χ4n) is 2.29. The molecule has 2 rings (SSSR count). The molecule has 0 aromatic heterocycles. The van der Waals surface area contributed by atoms with Crippen molar-refractivity contribution in [3.05, 3.63) is 0 Å². The highest BCUT2D eigenvalue weighted by Crippen LogP contribution is 2.30. The summed E-state index contributed by atoms with van der Waals surface area (Å²) in [5.74, 6) is 1.14. The molecule has 86 valence electrons. The minimum Gasteiger partial charge on any atom is -0.341 e. The first kappa shape index (κ1) is 10.9. The number of hydrogen-bond acceptors (Lipinski definition) is 2. The van der Waals surface area contributed by atoms with Gasteiger partial charge in [-0.05, 0) is 38.1 Å². The second-order valence-electron chi connectivity index (χ2n) is 4.89. The van der Waals surface area contributed by atoms with Crippen molar-refractivity contribution in [1.82, 2.24) is 10.2 Å². The molecule has 1 aliphatic carbocycles. The molecule has 0 aromatic carbocycles. The summed E-state index contributed by atoms with van der Waals surface area (Å²) in [5.41, 5.74) is 0. The maximum atomic E-state index is 11.8. The molecule has 15 heavy (non-hydrogen) atoms. The van der Waals surface area contributed by atoms with Crippen LogP contribution in [0.15, 0.2) is 0 Å². The molecule has 1 N–H and O–H groups in total. The Morgan fingerprint density at radius 2 is 2.13 bits per heavy atom. The van der Waals surface area contributed by atoms with E-state index in [0.717, 1.165) is 25.6 Å². The molecule has 2 fully saturated rings. The van der Waals surface area contributed by atoms with Crippen LogP contribution < -0.4 is 5.32 Å². The van der Waals surface area contributed by atoms with Crippen molar-refractivity contribution in [3.63, 3.8) is 0 Å². The number of amides is 1. The van der Waals surface area contributed by atoms with E-state index in [1.165, 1.54) is 25.7 Å². The molecule has 0 bridgehead atoms. The lowest BCUT2D eigenvalue weighted by atomic mass is 10.2. The monoisotopic (exact) mass is 210 g/mol. The van der Waals surface area contributed by atoms with Crippen LogP contribution in [0.25, 0.3) is 0 Å². The van der Waals surface area contributed by atoms with Crippen molar-refractivity contribution in [2.45, 2.75) is 45.1 Å². The summed E-state index contributed by atoms with van der Waals surface area (Å²) in [5, 5.41) is 3.47. The fourth-order valence-corrected chi connectivity index (χ4v) is 2.29. The number of carbonyl (C=O) groups excluding carboxylic acids is 1. The van der Waals surface area contributed by atoms with Gasteiger partial charge in [-0.25, -0.2) is 0 Å². The molecule has 1 atom stereocenters. The first-order chi connectivity index (χ1) is 7.29. The van der Waals surface area contributed by atoms with Gasteiger partial charge in [0.1, 0.15) is 0 Å². The first-order valence-corrected chi connectivity index (χ1v) is 6.30. The summed E-state index contributed by atoms with van der Waals surface area (Å²) in [6, 6.07) is 0.555. The molecular weight excluding hydrogens is 188 g/mol. The van der Waals surface area contributed by atoms with Crippen molar-refractivity contribution < 1.29 is 4.79 Å². The highest BCUT2D eigenvalue weighted by atomic mass is 16.2. The van der Waals surface area contributed by atoms with Gasteiger partial charge in [-0.15, -0.1) is 0 Å². The average Bonchev–Trinajstić information content (AvgIpc) is 2.91. The molecule has 3 nitrogen and oxygen atoms in total. The molecule has 1 amide bonds. The van der Waals surface area contributed by atoms with E-state index in [-0.39, 0.29) is 0 Å². The molecular formula is C12H22N2O. The molecule has 1 saturated heterocycles. The quantitative estimate of drug-likeness (QED) is 0.743. The van der Waals surface area contributed by atoms with Crippen LogP contribution in [0.2, 0.25) is 0 Å². The highest BCUT2D eigenvalue weighted by Gasteiger charge is 2.28. The zero-order valence-electron chi connectivity index (χ0n) is 9.67. The van der Waals surface area contributed by atoms with Gasteiger partial charge in [0.05, 0.1) is 0 Å². The summed E-state index contributed by atoms with van der Waals surface area (Å²) in [4.78, 5) is 13.8. The zero-order chi connectivity index (χ0) is 10.7. The summed E-state index contributed by atoms with van der Waals surface area (Å²) in [7, 11) is 0. The van der Waals surface area contributed by atoms with Gasteiger partial charge in [0.15, 0.2) is 0 Å². The normalized spacial score (nSPS) is 25.5. The smallest absolute Gasteiger partial charge is 0.222 e. The lowest BCUT2D eigenvalue weighted by Crippen LogP contribution is -2.41. The summed E-state index contributed by atoms with van der Waals surface area (Å²) in [6.07, 6.45) is 5.80. The third-order valence-electron chi connectivity index (χ3n) is 3.43. The minimum atomic E-state index is 0.329. The van der Waals surface area contributed by atoms with E-state index >= 15 is 0 Å². The standard InChI is InChI=1S/C12H22N2O/c1-2-12(15)14(8-10-5-6-10)9-11-4-3-7-13-11/h10-11,13H,2-9H2,1H3. The molecule has 1 saturated carbocycles. The number of nitrogens with zero attached hydrogens (tertiary/aromatic N) is 1. The van der Waals surface area contributed by atoms with Gasteiger partial charge < -0.3 is 10.2 Å². The predicted octanol–water partition coefficient (Wildman–Crippen LogP) is 1.39. The van der Waals surface area contributed by atoms with Gasteiger partial charge in [0, 0.05) is 25.6 Å². The number of nitrogens with one attached hydrogen (secondary N) is 1. The van der Waals surface area contributed by atoms with Crippen LogP contribution in [0.3, 0.4) is 0 Å². The second kappa shape index (κ2) is 4.97. The summed E-state index contributed by atoms with van der Waals surface area (Å²) in [6.45, 7) is 5.03. The summed E-state index contributed by atoms with van der Waals surface area (Å²) >= 11 is 0. The van der Waals surface area contributed by atoms with Crippen molar-refractivity contribution in [1.29, 1.82) is 0 Å². The highest BCUT2D eigenvalue weighted by molar-refractivity contribution is 5.75. The van der Waals surface area contributed by atoms with Gasteiger partial charge in [0.2, 0.25) is 5.91 Å². The number of rotatable bonds is 5. The van der Waals surface area contributed by atoms with E-state index in [9.17, 15) is 4.79 Å². The van der Waals surface area contributed by atoms with Gasteiger partial charge in [-0.1, -0.05) is 6.92 Å². The van der Waals surface area contributed by atoms with E-state index in [1.54, 1.807) is 0 Å². The third-order valence-corrected chi connectivity index (χ3v) is 3.43. The van der Waals surface area contributed by atoms with Gasteiger partial charge >= 0.3 is 0 Å². The maximum Gasteiger partial charge on any atom is 0.222 e. The van der Waals surface area contributed by atoms with Gasteiger partial charge in [0.25, 0.3) is 0 Å². The van der Waals surface area contributed by atoms with Crippen LogP contribution in [0.4, 0.5) is 0 Å². The molecule has 1 unspecified atom stereocenters. The van der Waals surface area contributed by atoms with Crippen LogP contribution in [0, 0.1) is 5.92 Å². The average molecular weight is 210 g/mol. The molecule has 0 aromatic rings. The Balaban J connectivity index is 1.82. The Morgan fingerprint density at radius 3 is 2.67 bits per heavy atom. The minimum absolute atomic E-state index is 0.329. The fraction of sp³-hybridized carbons (Fsp3) is 0.917. The largest absolute Gasteiger partial charge is 0.341 e. The van der Waals surface area contributed by atoms with Crippen LogP contribution in [-0.2, 0) is 4.79 Å². The summed E-state index contributed by atoms with van der Waals surface area (Å²) < 4.78 is 0. The van der Waals surface area contributed by atoms with Crippen LogP contribution in [0.5, 0.6) is 0 Å². The van der Waals surface area contributed by atoms with E-state index < -0.39 is 0 Å². The van der Waals surface area contributed by atoms with E-state index in [4.69, 9.17) is 0 Å². The Hall–Kier alpha value is -0.570. The van der Waals surface area contributed by atoms with E-state index in [1.807, 2.05) is 6.92 Å². The lowest BCUT2D eigenvalue weighted by Gasteiger charge is -2.25. The Kier molecular flexibility index (Phi) is 3.62. The molecule has 2 aliphatic rings. The predicted molar refractivity (Wildman–Crippen MR) is 60.6 cm³/mol. The zero-order valence-corrected chi connectivity index (χ0v) is 9.67. The van der Waals surface area contributed by atoms with Crippen molar-refractivity contribution in [2.24, 2.45) is 5.92 Å². The van der Waals surface area contributed by atoms with E-state index in [2.05, 4.69) is 10.2 Å². The van der Waals surface area contributed by atoms with Crippen molar-refractivity contribution in [3.8, 4) is 0 Å². The van der Waals surface area contributed by atoms with Crippen LogP contribution in [-0.4, -0.2) is 36.5 Å². The lowest BCUT2D eigenvalue weighted by molar-refractivity contribution is -0.131. The van der Waals surface area contributed by atoms with Gasteiger partial charge in [-0.3, -0.25) is 4.79 Å². The topological polar surface area (TPSA) is 32.3 Å². The van der Waals surface area contributed by atoms with Crippen molar-refractivity contribution >= 4 is 5.91 Å². The second-order valence-corrected chi connectivity index (χ2v) is 4.89. The van der Waals surface area contributed by atoms with Crippen molar-refractivity contribution in [2.75, 3.05) is 19.6 Å². The first-order valence-electron chi connectivity index (χ1n) is 6.30. The number of carbonyl (C=O) groups is 1. The molecule has 0 spiro atoms. The maximum absolute atomic E-state index is 11.8. The Morgan fingerprint density at radius 1 is 1.33 bits per heavy atom. The molecule has 3 heteroatoms.